The third-order valence-electron chi connectivity index (χ3n) is 9.38. The van der Waals surface area contributed by atoms with Gasteiger partial charge in [-0.15, -0.1) is 0 Å². The van der Waals surface area contributed by atoms with Crippen LogP contribution in [0.4, 0.5) is 0 Å². The minimum atomic E-state index is -0.541. The first-order valence-corrected chi connectivity index (χ1v) is 21.7. The van der Waals surface area contributed by atoms with Gasteiger partial charge in [0, 0.05) is 13.0 Å². The van der Waals surface area contributed by atoms with Gasteiger partial charge in [0.05, 0.1) is 13.2 Å². The molecule has 0 heterocycles. The second kappa shape index (κ2) is 43.5. The Morgan fingerprint density at radius 1 is 0.480 bits per heavy atom. The normalized spacial score (nSPS) is 12.8. The van der Waals surface area contributed by atoms with Crippen LogP contribution in [0.15, 0.2) is 48.6 Å². The molecule has 0 aliphatic carbocycles. The number of carbonyl (C=O) groups is 1. The molecular formula is C46H84O4. The molecule has 4 nitrogen and oxygen atoms in total. The SMILES string of the molecule is CCCC/C=C\C/C=C\CCCCCCCCOCC(CO)OC(=O)CCCCCCCCCCCCC/C=C\C/C=C\CCCCCCC. The van der Waals surface area contributed by atoms with Crippen molar-refractivity contribution in [3.63, 3.8) is 0 Å². The lowest BCUT2D eigenvalue weighted by molar-refractivity contribution is -0.154. The topological polar surface area (TPSA) is 55.8 Å². The largest absolute Gasteiger partial charge is 0.457 e. The van der Waals surface area contributed by atoms with Crippen molar-refractivity contribution in [2.75, 3.05) is 19.8 Å². The van der Waals surface area contributed by atoms with E-state index in [9.17, 15) is 9.90 Å². The molecule has 0 bridgehead atoms. The van der Waals surface area contributed by atoms with Crippen LogP contribution in [0.5, 0.6) is 0 Å². The van der Waals surface area contributed by atoms with Crippen LogP contribution in [0.25, 0.3) is 0 Å². The number of esters is 1. The Balaban J connectivity index is 3.44. The smallest absolute Gasteiger partial charge is 0.306 e. The van der Waals surface area contributed by atoms with Gasteiger partial charge in [-0.25, -0.2) is 0 Å². The summed E-state index contributed by atoms with van der Waals surface area (Å²) in [4.78, 5) is 12.2. The lowest BCUT2D eigenvalue weighted by atomic mass is 10.0. The van der Waals surface area contributed by atoms with Gasteiger partial charge in [0.15, 0.2) is 0 Å². The van der Waals surface area contributed by atoms with Crippen molar-refractivity contribution in [1.29, 1.82) is 0 Å². The molecule has 1 atom stereocenters. The van der Waals surface area contributed by atoms with Crippen molar-refractivity contribution in [1.82, 2.24) is 0 Å². The summed E-state index contributed by atoms with van der Waals surface area (Å²) in [6, 6.07) is 0. The van der Waals surface area contributed by atoms with Crippen molar-refractivity contribution >= 4 is 5.97 Å². The number of hydrogen-bond acceptors (Lipinski definition) is 4. The zero-order valence-corrected chi connectivity index (χ0v) is 33.4. The fraction of sp³-hybridized carbons (Fsp3) is 0.804. The molecule has 0 aromatic rings. The highest BCUT2D eigenvalue weighted by molar-refractivity contribution is 5.69. The van der Waals surface area contributed by atoms with Gasteiger partial charge < -0.3 is 14.6 Å². The summed E-state index contributed by atoms with van der Waals surface area (Å²) in [7, 11) is 0. The molecule has 0 fully saturated rings. The van der Waals surface area contributed by atoms with E-state index in [-0.39, 0.29) is 19.2 Å². The lowest BCUT2D eigenvalue weighted by Crippen LogP contribution is -2.27. The molecule has 1 unspecified atom stereocenters. The van der Waals surface area contributed by atoms with Crippen molar-refractivity contribution < 1.29 is 19.4 Å². The first kappa shape index (κ1) is 48.3. The minimum Gasteiger partial charge on any atom is -0.457 e. The number of aliphatic hydroxyl groups excluding tert-OH is 1. The molecule has 0 saturated heterocycles. The summed E-state index contributed by atoms with van der Waals surface area (Å²) in [5, 5.41) is 9.60. The van der Waals surface area contributed by atoms with Crippen molar-refractivity contribution in [3.05, 3.63) is 48.6 Å². The van der Waals surface area contributed by atoms with Gasteiger partial charge in [0.25, 0.3) is 0 Å². The third kappa shape index (κ3) is 40.8. The molecule has 0 aliphatic heterocycles. The van der Waals surface area contributed by atoms with Crippen LogP contribution in [0.3, 0.4) is 0 Å². The molecular weight excluding hydrogens is 617 g/mol. The van der Waals surface area contributed by atoms with Gasteiger partial charge in [-0.1, -0.05) is 184 Å². The van der Waals surface area contributed by atoms with Gasteiger partial charge in [0.2, 0.25) is 0 Å². The molecule has 0 aromatic heterocycles. The predicted octanol–water partition coefficient (Wildman–Crippen LogP) is 14.3. The monoisotopic (exact) mass is 701 g/mol. The fourth-order valence-electron chi connectivity index (χ4n) is 6.08. The molecule has 0 saturated carbocycles. The summed E-state index contributed by atoms with van der Waals surface area (Å²) in [5.41, 5.74) is 0. The van der Waals surface area contributed by atoms with E-state index < -0.39 is 6.10 Å². The zero-order chi connectivity index (χ0) is 36.3. The van der Waals surface area contributed by atoms with Crippen LogP contribution in [0, 0.1) is 0 Å². The van der Waals surface area contributed by atoms with E-state index in [0.717, 1.165) is 38.5 Å². The second-order valence-corrected chi connectivity index (χ2v) is 14.4. The maximum absolute atomic E-state index is 12.2. The summed E-state index contributed by atoms with van der Waals surface area (Å²) < 4.78 is 11.1. The number of ether oxygens (including phenoxy) is 2. The maximum Gasteiger partial charge on any atom is 0.306 e. The van der Waals surface area contributed by atoms with Gasteiger partial charge in [-0.2, -0.15) is 0 Å². The Morgan fingerprint density at radius 3 is 1.30 bits per heavy atom. The standard InChI is InChI=1S/C46H84O4/c1-3-5-7-9-11-13-15-17-19-20-21-22-23-24-25-26-27-29-31-33-35-37-39-41-46(48)50-45(43-47)44-49-42-40-38-36-34-32-30-28-18-16-14-12-10-8-6-4-2/h10,12,15-18,20-21,45,47H,3-9,11,13-14,19,22-44H2,1-2H3/b12-10-,17-15-,18-16-,21-20-. The van der Waals surface area contributed by atoms with E-state index in [1.165, 1.54) is 154 Å². The molecule has 292 valence electrons. The lowest BCUT2D eigenvalue weighted by Gasteiger charge is -2.15. The molecule has 0 spiro atoms. The van der Waals surface area contributed by atoms with Gasteiger partial charge >= 0.3 is 5.97 Å². The van der Waals surface area contributed by atoms with E-state index in [1.54, 1.807) is 0 Å². The number of carbonyl (C=O) groups excluding carboxylic acids is 1. The summed E-state index contributed by atoms with van der Waals surface area (Å²) in [6.07, 6.45) is 56.0. The Kier molecular flexibility index (Phi) is 42.1. The Labute approximate surface area is 312 Å². The highest BCUT2D eigenvalue weighted by atomic mass is 16.6. The Bertz CT molecular complexity index is 783. The van der Waals surface area contributed by atoms with Gasteiger partial charge in [0.1, 0.15) is 6.10 Å². The van der Waals surface area contributed by atoms with Crippen LogP contribution in [0.2, 0.25) is 0 Å². The summed E-state index contributed by atoms with van der Waals surface area (Å²) in [5.74, 6) is -0.207. The van der Waals surface area contributed by atoms with Crippen molar-refractivity contribution in [2.24, 2.45) is 0 Å². The average molecular weight is 701 g/mol. The second-order valence-electron chi connectivity index (χ2n) is 14.4. The number of unbranched alkanes of at least 4 members (excludes halogenated alkanes) is 24. The first-order valence-electron chi connectivity index (χ1n) is 21.7. The quantitative estimate of drug-likeness (QED) is 0.0393. The molecule has 0 rings (SSSR count). The predicted molar refractivity (Wildman–Crippen MR) is 219 cm³/mol. The first-order chi connectivity index (χ1) is 24.7. The van der Waals surface area contributed by atoms with Crippen molar-refractivity contribution in [2.45, 2.75) is 219 Å². The van der Waals surface area contributed by atoms with Crippen LogP contribution in [-0.2, 0) is 14.3 Å². The number of allylic oxidation sites excluding steroid dienone is 8. The van der Waals surface area contributed by atoms with Gasteiger partial charge in [-0.05, 0) is 70.6 Å². The zero-order valence-electron chi connectivity index (χ0n) is 33.4. The van der Waals surface area contributed by atoms with E-state index >= 15 is 0 Å². The fourth-order valence-corrected chi connectivity index (χ4v) is 6.08. The molecule has 0 radical (unpaired) electrons. The number of hydrogen-bond donors (Lipinski definition) is 1. The molecule has 0 aliphatic rings. The number of aliphatic hydroxyl groups is 1. The van der Waals surface area contributed by atoms with E-state index in [0.29, 0.717) is 13.0 Å². The average Bonchev–Trinajstić information content (AvgIpc) is 3.12. The molecule has 50 heavy (non-hydrogen) atoms. The highest BCUT2D eigenvalue weighted by Gasteiger charge is 2.13. The summed E-state index contributed by atoms with van der Waals surface area (Å²) in [6.45, 7) is 5.28. The molecule has 4 heteroatoms. The molecule has 1 N–H and O–H groups in total. The van der Waals surface area contributed by atoms with E-state index in [1.807, 2.05) is 0 Å². The third-order valence-corrected chi connectivity index (χ3v) is 9.38. The van der Waals surface area contributed by atoms with Crippen LogP contribution in [0.1, 0.15) is 213 Å². The Morgan fingerprint density at radius 2 is 0.860 bits per heavy atom. The molecule has 0 aromatic carbocycles. The van der Waals surface area contributed by atoms with E-state index in [4.69, 9.17) is 9.47 Å². The summed E-state index contributed by atoms with van der Waals surface area (Å²) >= 11 is 0. The van der Waals surface area contributed by atoms with Gasteiger partial charge in [-0.3, -0.25) is 4.79 Å². The van der Waals surface area contributed by atoms with Crippen LogP contribution < -0.4 is 0 Å². The van der Waals surface area contributed by atoms with Crippen LogP contribution >= 0.6 is 0 Å². The minimum absolute atomic E-state index is 0.177. The highest BCUT2D eigenvalue weighted by Crippen LogP contribution is 2.14. The number of rotatable bonds is 40. The maximum atomic E-state index is 12.2. The molecule has 0 amide bonds. The van der Waals surface area contributed by atoms with Crippen molar-refractivity contribution in [3.8, 4) is 0 Å². The van der Waals surface area contributed by atoms with Crippen LogP contribution in [-0.4, -0.2) is 37.0 Å². The van der Waals surface area contributed by atoms with E-state index in [2.05, 4.69) is 62.5 Å². The Hall–Kier alpha value is -1.65.